The summed E-state index contributed by atoms with van der Waals surface area (Å²) in [5, 5.41) is 0. The fourth-order valence-corrected chi connectivity index (χ4v) is 3.33. The summed E-state index contributed by atoms with van der Waals surface area (Å²) < 4.78 is 24.8. The Morgan fingerprint density at radius 2 is 2.05 bits per heavy atom. The first kappa shape index (κ1) is 15.0. The Morgan fingerprint density at radius 3 is 2.70 bits per heavy atom. The van der Waals surface area contributed by atoms with Crippen molar-refractivity contribution < 1.29 is 8.42 Å². The largest absolute Gasteiger partial charge is 0.328 e. The molecule has 0 bridgehead atoms. The highest BCUT2D eigenvalue weighted by Crippen LogP contribution is 2.17. The summed E-state index contributed by atoms with van der Waals surface area (Å²) in [7, 11) is -3.06. The summed E-state index contributed by atoms with van der Waals surface area (Å²) in [6.07, 6.45) is 2.68. The molecule has 0 aliphatic heterocycles. The Kier molecular flexibility index (Phi) is 4.45. The van der Waals surface area contributed by atoms with Crippen molar-refractivity contribution in [3.05, 3.63) is 30.1 Å². The fraction of sp³-hybridized carbons (Fsp3) is 0.500. The summed E-state index contributed by atoms with van der Waals surface area (Å²) in [5.41, 5.74) is 7.96. The van der Waals surface area contributed by atoms with Gasteiger partial charge < -0.3 is 10.3 Å². The number of hydrogen-bond acceptors (Lipinski definition) is 4. The fourth-order valence-electron chi connectivity index (χ4n) is 2.44. The molecule has 1 aromatic heterocycles. The van der Waals surface area contributed by atoms with Crippen molar-refractivity contribution in [2.75, 3.05) is 12.0 Å². The van der Waals surface area contributed by atoms with E-state index < -0.39 is 15.9 Å². The third kappa shape index (κ3) is 3.58. The van der Waals surface area contributed by atoms with Gasteiger partial charge in [0.05, 0.1) is 16.8 Å². The van der Waals surface area contributed by atoms with E-state index in [0.717, 1.165) is 29.8 Å². The second-order valence-corrected chi connectivity index (χ2v) is 7.41. The summed E-state index contributed by atoms with van der Waals surface area (Å²) in [4.78, 5) is 4.59. The molecule has 1 atom stereocenters. The first-order chi connectivity index (χ1) is 9.40. The molecule has 20 heavy (non-hydrogen) atoms. The second kappa shape index (κ2) is 5.93. The van der Waals surface area contributed by atoms with Crippen LogP contribution in [-0.2, 0) is 22.8 Å². The maximum Gasteiger partial charge on any atom is 0.148 e. The summed E-state index contributed by atoms with van der Waals surface area (Å²) in [5.74, 6) is 0.853. The number of para-hydroxylation sites is 2. The zero-order chi connectivity index (χ0) is 14.8. The van der Waals surface area contributed by atoms with Gasteiger partial charge in [0.1, 0.15) is 15.7 Å². The van der Waals surface area contributed by atoms with E-state index in [0.29, 0.717) is 6.42 Å². The van der Waals surface area contributed by atoms with Crippen LogP contribution in [0, 0.1) is 0 Å². The Bertz CT molecular complexity index is 692. The number of aryl methyl sites for hydroxylation is 1. The van der Waals surface area contributed by atoms with Gasteiger partial charge in [-0.15, -0.1) is 0 Å². The summed E-state index contributed by atoms with van der Waals surface area (Å²) >= 11 is 0. The molecular weight excluding hydrogens is 274 g/mol. The van der Waals surface area contributed by atoms with Crippen LogP contribution >= 0.6 is 0 Å². The lowest BCUT2D eigenvalue weighted by atomic mass is 10.2. The van der Waals surface area contributed by atoms with Gasteiger partial charge in [-0.1, -0.05) is 19.1 Å². The van der Waals surface area contributed by atoms with Gasteiger partial charge in [-0.2, -0.15) is 0 Å². The predicted octanol–water partition coefficient (Wildman–Crippen LogP) is 1.36. The molecule has 2 N–H and O–H groups in total. The van der Waals surface area contributed by atoms with Gasteiger partial charge >= 0.3 is 0 Å². The van der Waals surface area contributed by atoms with Gasteiger partial charge in [0.15, 0.2) is 0 Å². The molecule has 1 unspecified atom stereocenters. The number of imidazole rings is 1. The lowest BCUT2D eigenvalue weighted by Gasteiger charge is -2.12. The van der Waals surface area contributed by atoms with E-state index in [9.17, 15) is 8.42 Å². The number of nitrogens with zero attached hydrogens (tertiary/aromatic N) is 2. The van der Waals surface area contributed by atoms with Crippen LogP contribution in [0.25, 0.3) is 11.0 Å². The normalized spacial score (nSPS) is 13.8. The Labute approximate surface area is 119 Å². The predicted molar refractivity (Wildman–Crippen MR) is 81.4 cm³/mol. The monoisotopic (exact) mass is 295 g/mol. The molecule has 0 saturated heterocycles. The zero-order valence-electron chi connectivity index (χ0n) is 11.9. The third-order valence-electron chi connectivity index (χ3n) is 3.14. The number of nitrogens with two attached hydrogens (primary N) is 1. The maximum atomic E-state index is 11.3. The molecule has 2 aromatic rings. The molecule has 1 aromatic carbocycles. The van der Waals surface area contributed by atoms with Crippen molar-refractivity contribution in [2.24, 2.45) is 5.73 Å². The van der Waals surface area contributed by atoms with E-state index in [4.69, 9.17) is 5.73 Å². The Hall–Kier alpha value is -1.40. The molecule has 6 heteroatoms. The van der Waals surface area contributed by atoms with E-state index in [-0.39, 0.29) is 5.75 Å². The minimum absolute atomic E-state index is 0.0116. The molecule has 2 rings (SSSR count). The van der Waals surface area contributed by atoms with Gasteiger partial charge in [0.25, 0.3) is 0 Å². The molecule has 0 radical (unpaired) electrons. The minimum atomic E-state index is -3.06. The molecule has 1 heterocycles. The highest BCUT2D eigenvalue weighted by molar-refractivity contribution is 7.90. The van der Waals surface area contributed by atoms with E-state index in [1.807, 2.05) is 24.3 Å². The van der Waals surface area contributed by atoms with E-state index in [1.54, 1.807) is 0 Å². The van der Waals surface area contributed by atoms with Crippen molar-refractivity contribution >= 4 is 20.9 Å². The summed E-state index contributed by atoms with van der Waals surface area (Å²) in [6.45, 7) is 2.97. The number of benzene rings is 1. The lowest BCUT2D eigenvalue weighted by Crippen LogP contribution is -2.32. The van der Waals surface area contributed by atoms with Crippen LogP contribution in [-0.4, -0.2) is 36.0 Å². The Balaban J connectivity index is 2.31. The average molecular weight is 295 g/mol. The van der Waals surface area contributed by atoms with Gasteiger partial charge in [0.2, 0.25) is 0 Å². The topological polar surface area (TPSA) is 78.0 Å². The van der Waals surface area contributed by atoms with Gasteiger partial charge in [-0.25, -0.2) is 13.4 Å². The molecule has 0 amide bonds. The van der Waals surface area contributed by atoms with Crippen LogP contribution in [0.15, 0.2) is 24.3 Å². The molecular formula is C14H21N3O2S. The van der Waals surface area contributed by atoms with Crippen LogP contribution < -0.4 is 5.73 Å². The van der Waals surface area contributed by atoms with Crippen molar-refractivity contribution in [2.45, 2.75) is 32.4 Å². The van der Waals surface area contributed by atoms with E-state index in [2.05, 4.69) is 16.5 Å². The van der Waals surface area contributed by atoms with Crippen LogP contribution in [0.2, 0.25) is 0 Å². The first-order valence-electron chi connectivity index (χ1n) is 6.78. The molecule has 0 aliphatic carbocycles. The summed E-state index contributed by atoms with van der Waals surface area (Å²) in [6, 6.07) is 7.51. The first-order valence-corrected chi connectivity index (χ1v) is 8.84. The van der Waals surface area contributed by atoms with Crippen molar-refractivity contribution in [1.82, 2.24) is 9.55 Å². The molecule has 110 valence electrons. The standard InChI is InChI=1S/C14H21N3O2S/c1-3-8-17-13-7-5-4-6-12(13)16-14(17)9-11(15)10-20(2,18)19/h4-7,11H,3,8-10,15H2,1-2H3. The smallest absolute Gasteiger partial charge is 0.148 e. The SMILES string of the molecule is CCCn1c(CC(N)CS(C)(=O)=O)nc2ccccc21. The van der Waals surface area contributed by atoms with Crippen molar-refractivity contribution in [3.63, 3.8) is 0 Å². The van der Waals surface area contributed by atoms with Crippen molar-refractivity contribution in [1.29, 1.82) is 0 Å². The number of sulfone groups is 1. The molecule has 0 saturated carbocycles. The average Bonchev–Trinajstić information content (AvgIpc) is 2.66. The van der Waals surface area contributed by atoms with E-state index >= 15 is 0 Å². The lowest BCUT2D eigenvalue weighted by molar-refractivity contribution is 0.581. The number of fused-ring (bicyclic) bond motifs is 1. The number of aromatic nitrogens is 2. The number of hydrogen-bond donors (Lipinski definition) is 1. The molecule has 5 nitrogen and oxygen atoms in total. The van der Waals surface area contributed by atoms with Gasteiger partial charge in [-0.05, 0) is 18.6 Å². The van der Waals surface area contributed by atoms with Crippen LogP contribution in [0.3, 0.4) is 0 Å². The Morgan fingerprint density at radius 1 is 1.35 bits per heavy atom. The second-order valence-electron chi connectivity index (χ2n) is 5.23. The zero-order valence-corrected chi connectivity index (χ0v) is 12.7. The van der Waals surface area contributed by atoms with Crippen LogP contribution in [0.1, 0.15) is 19.2 Å². The maximum absolute atomic E-state index is 11.3. The molecule has 0 spiro atoms. The van der Waals surface area contributed by atoms with Gasteiger partial charge in [-0.3, -0.25) is 0 Å². The third-order valence-corrected chi connectivity index (χ3v) is 4.18. The van der Waals surface area contributed by atoms with E-state index in [1.165, 1.54) is 6.26 Å². The minimum Gasteiger partial charge on any atom is -0.328 e. The quantitative estimate of drug-likeness (QED) is 0.873. The highest BCUT2D eigenvalue weighted by Gasteiger charge is 2.16. The van der Waals surface area contributed by atoms with Crippen LogP contribution in [0.5, 0.6) is 0 Å². The number of rotatable bonds is 6. The van der Waals surface area contributed by atoms with Crippen molar-refractivity contribution in [3.8, 4) is 0 Å². The molecule has 0 fully saturated rings. The highest BCUT2D eigenvalue weighted by atomic mass is 32.2. The van der Waals surface area contributed by atoms with Gasteiger partial charge in [0, 0.05) is 25.3 Å². The van der Waals surface area contributed by atoms with Crippen LogP contribution in [0.4, 0.5) is 0 Å². The molecule has 0 aliphatic rings.